The molecule has 6 nitrogen and oxygen atoms in total. The fraction of sp³-hybridized carbons (Fsp3) is 0.588. The summed E-state index contributed by atoms with van der Waals surface area (Å²) in [6.45, 7) is 2.69. The molecule has 1 aromatic rings. The van der Waals surface area contributed by atoms with E-state index in [4.69, 9.17) is 0 Å². The molecule has 1 N–H and O–H groups in total. The number of benzene rings is 1. The van der Waals surface area contributed by atoms with Gasteiger partial charge in [0, 0.05) is 31.7 Å². The van der Waals surface area contributed by atoms with Crippen LogP contribution in [0.1, 0.15) is 25.7 Å². The molecule has 0 saturated carbocycles. The molecule has 24 heavy (non-hydrogen) atoms. The topological polar surface area (TPSA) is 69.7 Å². The summed E-state index contributed by atoms with van der Waals surface area (Å²) >= 11 is 0. The Morgan fingerprint density at radius 3 is 2.54 bits per heavy atom. The van der Waals surface area contributed by atoms with Crippen LogP contribution in [0, 0.1) is 5.92 Å². The van der Waals surface area contributed by atoms with Crippen LogP contribution in [-0.4, -0.2) is 51.9 Å². The van der Waals surface area contributed by atoms with Crippen LogP contribution in [0.2, 0.25) is 0 Å². The Kier molecular flexibility index (Phi) is 5.22. The van der Waals surface area contributed by atoms with Crippen molar-refractivity contribution >= 4 is 21.6 Å². The van der Waals surface area contributed by atoms with Gasteiger partial charge < -0.3 is 10.2 Å². The number of carbonyl (C=O) groups is 1. The van der Waals surface area contributed by atoms with Crippen molar-refractivity contribution < 1.29 is 13.2 Å². The number of carbonyl (C=O) groups excluding carboxylic acids is 1. The van der Waals surface area contributed by atoms with Crippen LogP contribution >= 0.6 is 0 Å². The van der Waals surface area contributed by atoms with E-state index < -0.39 is 10.0 Å². The predicted molar refractivity (Wildman–Crippen MR) is 93.4 cm³/mol. The Hall–Kier alpha value is -1.44. The van der Waals surface area contributed by atoms with Gasteiger partial charge >= 0.3 is 0 Å². The van der Waals surface area contributed by atoms with E-state index in [-0.39, 0.29) is 5.91 Å². The highest BCUT2D eigenvalue weighted by Gasteiger charge is 2.30. The lowest BCUT2D eigenvalue weighted by atomic mass is 10.00. The lowest BCUT2D eigenvalue weighted by Gasteiger charge is -2.32. The van der Waals surface area contributed by atoms with E-state index in [2.05, 4.69) is 5.32 Å². The smallest absolute Gasteiger partial charge is 0.243 e. The lowest BCUT2D eigenvalue weighted by Crippen LogP contribution is -2.42. The molecule has 1 amide bonds. The third-order valence-corrected chi connectivity index (χ3v) is 6.71. The number of rotatable bonds is 5. The zero-order valence-corrected chi connectivity index (χ0v) is 14.9. The van der Waals surface area contributed by atoms with Crippen LogP contribution in [0.25, 0.3) is 0 Å². The molecule has 0 aromatic heterocycles. The molecule has 0 aliphatic carbocycles. The zero-order chi connectivity index (χ0) is 17.2. The van der Waals surface area contributed by atoms with Crippen molar-refractivity contribution in [1.82, 2.24) is 9.62 Å². The number of sulfonamides is 1. The van der Waals surface area contributed by atoms with Gasteiger partial charge in [-0.15, -0.1) is 0 Å². The van der Waals surface area contributed by atoms with Gasteiger partial charge in [0.25, 0.3) is 0 Å². The summed E-state index contributed by atoms with van der Waals surface area (Å²) in [5, 5.41) is 3.13. The van der Waals surface area contributed by atoms with E-state index in [0.717, 1.165) is 31.5 Å². The summed E-state index contributed by atoms with van der Waals surface area (Å²) in [5.74, 6) is 0.469. The van der Waals surface area contributed by atoms with Crippen molar-refractivity contribution in [3.8, 4) is 0 Å². The van der Waals surface area contributed by atoms with Crippen LogP contribution in [-0.2, 0) is 14.8 Å². The minimum atomic E-state index is -3.46. The van der Waals surface area contributed by atoms with Crippen LogP contribution in [0.5, 0.6) is 0 Å². The molecular formula is C17H25N3O3S. The fourth-order valence-electron chi connectivity index (χ4n) is 3.57. The van der Waals surface area contributed by atoms with Crippen molar-refractivity contribution in [2.75, 3.05) is 38.1 Å². The average Bonchev–Trinajstić information content (AvgIpc) is 3.02. The molecule has 7 heteroatoms. The van der Waals surface area contributed by atoms with E-state index in [9.17, 15) is 13.2 Å². The molecule has 2 aliphatic rings. The van der Waals surface area contributed by atoms with Crippen molar-refractivity contribution in [2.45, 2.75) is 30.6 Å². The first-order valence-electron chi connectivity index (χ1n) is 8.57. The number of nitrogens with one attached hydrogen (secondary N) is 1. The normalized spacial score (nSPS) is 23.0. The Labute approximate surface area is 143 Å². The summed E-state index contributed by atoms with van der Waals surface area (Å²) < 4.78 is 27.3. The second-order valence-corrected chi connectivity index (χ2v) is 8.51. The van der Waals surface area contributed by atoms with Gasteiger partial charge in [0.2, 0.25) is 15.9 Å². The van der Waals surface area contributed by atoms with Crippen LogP contribution in [0.4, 0.5) is 5.69 Å². The van der Waals surface area contributed by atoms with Crippen molar-refractivity contribution in [2.24, 2.45) is 5.92 Å². The molecule has 2 heterocycles. The van der Waals surface area contributed by atoms with Gasteiger partial charge in [-0.1, -0.05) is 0 Å². The van der Waals surface area contributed by atoms with Gasteiger partial charge in [-0.3, -0.25) is 4.79 Å². The quantitative estimate of drug-likeness (QED) is 0.871. The molecule has 0 radical (unpaired) electrons. The molecule has 1 atom stereocenters. The third-order valence-electron chi connectivity index (χ3n) is 4.83. The minimum Gasteiger partial charge on any atom is -0.319 e. The largest absolute Gasteiger partial charge is 0.319 e. The predicted octanol–water partition coefficient (Wildman–Crippen LogP) is 1.43. The molecule has 2 fully saturated rings. The SMILES string of the molecule is CNC[C@@H]1CCCN(S(=O)(=O)c2ccc(N3CCCC3=O)cc2)C1. The van der Waals surface area contributed by atoms with Crippen molar-refractivity contribution in [3.63, 3.8) is 0 Å². The first-order chi connectivity index (χ1) is 11.5. The van der Waals surface area contributed by atoms with Gasteiger partial charge in [0.15, 0.2) is 0 Å². The molecule has 132 valence electrons. The highest BCUT2D eigenvalue weighted by atomic mass is 32.2. The number of anilines is 1. The van der Waals surface area contributed by atoms with Crippen LogP contribution in [0.3, 0.4) is 0 Å². The molecule has 0 spiro atoms. The number of piperidine rings is 1. The summed E-state index contributed by atoms with van der Waals surface area (Å²) in [6.07, 6.45) is 3.38. The number of hydrogen-bond acceptors (Lipinski definition) is 4. The number of amides is 1. The maximum Gasteiger partial charge on any atom is 0.243 e. The van der Waals surface area contributed by atoms with Gasteiger partial charge in [0.1, 0.15) is 0 Å². The van der Waals surface area contributed by atoms with Crippen LogP contribution < -0.4 is 10.2 Å². The van der Waals surface area contributed by atoms with E-state index in [1.807, 2.05) is 7.05 Å². The van der Waals surface area contributed by atoms with Gasteiger partial charge in [-0.05, 0) is 63.0 Å². The minimum absolute atomic E-state index is 0.108. The van der Waals surface area contributed by atoms with Gasteiger partial charge in [0.05, 0.1) is 4.90 Å². The maximum atomic E-state index is 12.9. The summed E-state index contributed by atoms with van der Waals surface area (Å²) in [6, 6.07) is 6.73. The highest BCUT2D eigenvalue weighted by Crippen LogP contribution is 2.26. The summed E-state index contributed by atoms with van der Waals surface area (Å²) in [4.78, 5) is 13.8. The third kappa shape index (κ3) is 3.48. The molecule has 2 aliphatic heterocycles. The average molecular weight is 351 g/mol. The first kappa shape index (κ1) is 17.4. The second kappa shape index (κ2) is 7.21. The molecule has 2 saturated heterocycles. The van der Waals surface area contributed by atoms with Gasteiger partial charge in [-0.25, -0.2) is 8.42 Å². The summed E-state index contributed by atoms with van der Waals surface area (Å²) in [7, 11) is -1.57. The molecule has 3 rings (SSSR count). The van der Waals surface area contributed by atoms with Crippen LogP contribution in [0.15, 0.2) is 29.2 Å². The lowest BCUT2D eigenvalue weighted by molar-refractivity contribution is -0.117. The van der Waals surface area contributed by atoms with Crippen molar-refractivity contribution in [3.05, 3.63) is 24.3 Å². The zero-order valence-electron chi connectivity index (χ0n) is 14.1. The molecule has 0 bridgehead atoms. The Bertz CT molecular complexity index is 686. The highest BCUT2D eigenvalue weighted by molar-refractivity contribution is 7.89. The van der Waals surface area contributed by atoms with E-state index in [0.29, 0.717) is 36.9 Å². The maximum absolute atomic E-state index is 12.9. The van der Waals surface area contributed by atoms with E-state index >= 15 is 0 Å². The Morgan fingerprint density at radius 2 is 1.92 bits per heavy atom. The molecule has 1 aromatic carbocycles. The number of hydrogen-bond donors (Lipinski definition) is 1. The van der Waals surface area contributed by atoms with Gasteiger partial charge in [-0.2, -0.15) is 4.31 Å². The molecule has 0 unspecified atom stereocenters. The Balaban J connectivity index is 1.76. The standard InChI is InChI=1S/C17H25N3O3S/c1-18-12-14-4-2-10-19(13-14)24(22,23)16-8-6-15(7-9-16)20-11-3-5-17(20)21/h6-9,14,18H,2-5,10-13H2,1H3/t14-/m0/s1. The summed E-state index contributed by atoms with van der Waals surface area (Å²) in [5.41, 5.74) is 0.781. The Morgan fingerprint density at radius 1 is 1.17 bits per heavy atom. The number of nitrogens with zero attached hydrogens (tertiary/aromatic N) is 2. The first-order valence-corrected chi connectivity index (χ1v) is 10.0. The van der Waals surface area contributed by atoms with E-state index in [1.54, 1.807) is 33.5 Å². The second-order valence-electron chi connectivity index (χ2n) is 6.57. The van der Waals surface area contributed by atoms with E-state index in [1.165, 1.54) is 0 Å². The molecular weight excluding hydrogens is 326 g/mol. The van der Waals surface area contributed by atoms with Crippen molar-refractivity contribution in [1.29, 1.82) is 0 Å². The monoisotopic (exact) mass is 351 g/mol. The fourth-order valence-corrected chi connectivity index (χ4v) is 5.12.